The molecule has 0 aromatic heterocycles. The van der Waals surface area contributed by atoms with Crippen molar-refractivity contribution in [1.29, 1.82) is 0 Å². The molecule has 15 heavy (non-hydrogen) atoms. The van der Waals surface area contributed by atoms with Gasteiger partial charge in [-0.1, -0.05) is 0 Å². The predicted octanol–water partition coefficient (Wildman–Crippen LogP) is 0.576. The molecule has 0 aromatic carbocycles. The van der Waals surface area contributed by atoms with Crippen molar-refractivity contribution in [3.8, 4) is 0 Å². The summed E-state index contributed by atoms with van der Waals surface area (Å²) in [6, 6.07) is -0.101. The van der Waals surface area contributed by atoms with Gasteiger partial charge in [0.1, 0.15) is 6.04 Å². The number of nitrogens with zero attached hydrogens (tertiary/aromatic N) is 2. The number of likely N-dealkylation sites (N-methyl/N-ethyl adjacent to an activating group) is 1. The Balaban J connectivity index is 2.44. The molecule has 1 atom stereocenters. The maximum absolute atomic E-state index is 11.6. The predicted molar refractivity (Wildman–Crippen MR) is 59.8 cm³/mol. The summed E-state index contributed by atoms with van der Waals surface area (Å²) in [7, 11) is 2.12. The summed E-state index contributed by atoms with van der Waals surface area (Å²) in [4.78, 5) is 16.1. The molecule has 0 N–H and O–H groups in total. The van der Waals surface area contributed by atoms with Crippen LogP contribution in [0.1, 0.15) is 20.3 Å². The minimum absolute atomic E-state index is 0.0953. The second-order valence-electron chi connectivity index (χ2n) is 4.12. The second-order valence-corrected chi connectivity index (χ2v) is 4.12. The van der Waals surface area contributed by atoms with E-state index in [1.807, 2.05) is 13.8 Å². The van der Waals surface area contributed by atoms with Gasteiger partial charge in [-0.2, -0.15) is 0 Å². The fourth-order valence-electron chi connectivity index (χ4n) is 1.87. The quantitative estimate of drug-likeness (QED) is 0.643. The highest BCUT2D eigenvalue weighted by atomic mass is 16.5. The van der Waals surface area contributed by atoms with E-state index in [0.29, 0.717) is 6.61 Å². The van der Waals surface area contributed by atoms with Crippen LogP contribution in [0.15, 0.2) is 0 Å². The zero-order valence-electron chi connectivity index (χ0n) is 10.0. The van der Waals surface area contributed by atoms with Crippen molar-refractivity contribution in [2.75, 3.05) is 39.8 Å². The van der Waals surface area contributed by atoms with Gasteiger partial charge in [-0.15, -0.1) is 0 Å². The monoisotopic (exact) mass is 214 g/mol. The normalized spacial score (nSPS) is 22.1. The van der Waals surface area contributed by atoms with Gasteiger partial charge in [0.25, 0.3) is 0 Å². The molecule has 88 valence electrons. The van der Waals surface area contributed by atoms with E-state index in [0.717, 1.165) is 32.6 Å². The van der Waals surface area contributed by atoms with Crippen molar-refractivity contribution in [1.82, 2.24) is 9.80 Å². The molecule has 1 fully saturated rings. The molecule has 0 amide bonds. The van der Waals surface area contributed by atoms with Crippen LogP contribution in [-0.2, 0) is 9.53 Å². The minimum atomic E-state index is -0.101. The lowest BCUT2D eigenvalue weighted by molar-refractivity contribution is -0.148. The van der Waals surface area contributed by atoms with Crippen molar-refractivity contribution >= 4 is 5.97 Å². The minimum Gasteiger partial charge on any atom is -0.465 e. The van der Waals surface area contributed by atoms with Crippen LogP contribution in [0.4, 0.5) is 0 Å². The molecule has 1 unspecified atom stereocenters. The molecule has 0 aliphatic carbocycles. The maximum Gasteiger partial charge on any atom is 0.323 e. The van der Waals surface area contributed by atoms with E-state index < -0.39 is 0 Å². The van der Waals surface area contributed by atoms with Crippen molar-refractivity contribution in [3.05, 3.63) is 0 Å². The molecular weight excluding hydrogens is 192 g/mol. The summed E-state index contributed by atoms with van der Waals surface area (Å²) >= 11 is 0. The van der Waals surface area contributed by atoms with Crippen LogP contribution < -0.4 is 0 Å². The van der Waals surface area contributed by atoms with E-state index in [2.05, 4.69) is 16.8 Å². The highest BCUT2D eigenvalue weighted by molar-refractivity contribution is 5.75. The SMILES string of the molecule is CCOC(=O)C(C)N1CCCN(C)CC1. The van der Waals surface area contributed by atoms with Gasteiger partial charge in [0.15, 0.2) is 0 Å². The van der Waals surface area contributed by atoms with Crippen molar-refractivity contribution in [2.24, 2.45) is 0 Å². The molecule has 1 aliphatic heterocycles. The summed E-state index contributed by atoms with van der Waals surface area (Å²) in [6.45, 7) is 8.34. The second kappa shape index (κ2) is 6.08. The number of hydrogen-bond donors (Lipinski definition) is 0. The third-order valence-electron chi connectivity index (χ3n) is 2.93. The molecule has 4 heteroatoms. The maximum atomic E-state index is 11.6. The van der Waals surface area contributed by atoms with Gasteiger partial charge in [-0.25, -0.2) is 0 Å². The Hall–Kier alpha value is -0.610. The lowest BCUT2D eigenvalue weighted by Gasteiger charge is -2.25. The summed E-state index contributed by atoms with van der Waals surface area (Å²) < 4.78 is 5.03. The van der Waals surface area contributed by atoms with E-state index in [-0.39, 0.29) is 12.0 Å². The molecule has 0 saturated carbocycles. The summed E-state index contributed by atoms with van der Waals surface area (Å²) in [5.74, 6) is -0.0953. The first-order valence-electron chi connectivity index (χ1n) is 5.74. The van der Waals surface area contributed by atoms with E-state index in [4.69, 9.17) is 4.74 Å². The van der Waals surface area contributed by atoms with Crippen LogP contribution in [0.3, 0.4) is 0 Å². The van der Waals surface area contributed by atoms with E-state index in [1.54, 1.807) is 0 Å². The van der Waals surface area contributed by atoms with Gasteiger partial charge in [0.05, 0.1) is 6.61 Å². The van der Waals surface area contributed by atoms with Crippen LogP contribution in [0.25, 0.3) is 0 Å². The van der Waals surface area contributed by atoms with Gasteiger partial charge in [-0.05, 0) is 33.9 Å². The number of hydrogen-bond acceptors (Lipinski definition) is 4. The van der Waals surface area contributed by atoms with Crippen LogP contribution >= 0.6 is 0 Å². The number of esters is 1. The molecule has 0 aromatic rings. The summed E-state index contributed by atoms with van der Waals surface area (Å²) in [6.07, 6.45) is 1.13. The molecule has 1 rings (SSSR count). The van der Waals surface area contributed by atoms with Gasteiger partial charge in [-0.3, -0.25) is 9.69 Å². The van der Waals surface area contributed by atoms with Crippen molar-refractivity contribution < 1.29 is 9.53 Å². The molecule has 1 saturated heterocycles. The Morgan fingerprint density at radius 1 is 1.33 bits per heavy atom. The first kappa shape index (κ1) is 12.5. The smallest absolute Gasteiger partial charge is 0.323 e. The number of carbonyl (C=O) groups excluding carboxylic acids is 1. The molecule has 0 radical (unpaired) electrons. The van der Waals surface area contributed by atoms with Crippen LogP contribution in [0.2, 0.25) is 0 Å². The Morgan fingerprint density at radius 3 is 2.73 bits per heavy atom. The van der Waals surface area contributed by atoms with Crippen LogP contribution in [0.5, 0.6) is 0 Å². The molecule has 4 nitrogen and oxygen atoms in total. The lowest BCUT2D eigenvalue weighted by Crippen LogP contribution is -2.42. The Bertz CT molecular complexity index is 209. The largest absolute Gasteiger partial charge is 0.465 e. The third kappa shape index (κ3) is 3.80. The highest BCUT2D eigenvalue weighted by Gasteiger charge is 2.23. The van der Waals surface area contributed by atoms with E-state index in [9.17, 15) is 4.79 Å². The number of rotatable bonds is 3. The fourth-order valence-corrected chi connectivity index (χ4v) is 1.87. The third-order valence-corrected chi connectivity index (χ3v) is 2.93. The van der Waals surface area contributed by atoms with Crippen molar-refractivity contribution in [3.63, 3.8) is 0 Å². The zero-order valence-corrected chi connectivity index (χ0v) is 10.0. The average Bonchev–Trinajstić information content (AvgIpc) is 2.42. The molecule has 1 heterocycles. The number of carbonyl (C=O) groups is 1. The van der Waals surface area contributed by atoms with Crippen molar-refractivity contribution in [2.45, 2.75) is 26.3 Å². The molecule has 0 spiro atoms. The van der Waals surface area contributed by atoms with E-state index in [1.165, 1.54) is 0 Å². The van der Waals surface area contributed by atoms with Gasteiger partial charge >= 0.3 is 5.97 Å². The van der Waals surface area contributed by atoms with Gasteiger partial charge in [0, 0.05) is 19.6 Å². The fraction of sp³-hybridized carbons (Fsp3) is 0.909. The van der Waals surface area contributed by atoms with Crippen LogP contribution in [0, 0.1) is 0 Å². The lowest BCUT2D eigenvalue weighted by atomic mass is 10.2. The highest BCUT2D eigenvalue weighted by Crippen LogP contribution is 2.07. The Morgan fingerprint density at radius 2 is 2.07 bits per heavy atom. The first-order valence-corrected chi connectivity index (χ1v) is 5.74. The summed E-state index contributed by atoms with van der Waals surface area (Å²) in [5, 5.41) is 0. The van der Waals surface area contributed by atoms with Gasteiger partial charge < -0.3 is 9.64 Å². The Labute approximate surface area is 92.2 Å². The topological polar surface area (TPSA) is 32.8 Å². The average molecular weight is 214 g/mol. The Kier molecular flexibility index (Phi) is 5.05. The molecule has 1 aliphatic rings. The molecular formula is C11H22N2O2. The van der Waals surface area contributed by atoms with Crippen LogP contribution in [-0.4, -0.2) is 61.6 Å². The van der Waals surface area contributed by atoms with Gasteiger partial charge in [0.2, 0.25) is 0 Å². The standard InChI is InChI=1S/C11H22N2O2/c1-4-15-11(14)10(2)13-7-5-6-12(3)8-9-13/h10H,4-9H2,1-3H3. The summed E-state index contributed by atoms with van der Waals surface area (Å²) in [5.41, 5.74) is 0. The number of ether oxygens (including phenoxy) is 1. The molecule has 0 bridgehead atoms. The zero-order chi connectivity index (χ0) is 11.3. The van der Waals surface area contributed by atoms with E-state index >= 15 is 0 Å². The first-order chi connectivity index (χ1) is 7.15.